The van der Waals surface area contributed by atoms with E-state index in [0.717, 1.165) is 6.54 Å². The largest absolute Gasteiger partial charge is 0.463 e. The molecule has 0 aromatic carbocycles. The Hall–Kier alpha value is -2.08. The van der Waals surface area contributed by atoms with E-state index in [1.54, 1.807) is 18.4 Å². The third-order valence-corrected chi connectivity index (χ3v) is 3.52. The van der Waals surface area contributed by atoms with E-state index in [2.05, 4.69) is 27.5 Å². The lowest BCUT2D eigenvalue weighted by Crippen LogP contribution is -2.34. The number of aromatic amines is 1. The highest BCUT2D eigenvalue weighted by Crippen LogP contribution is 2.24. The Kier molecular flexibility index (Phi) is 3.56. The molecule has 1 aliphatic carbocycles. The average Bonchev–Trinajstić information content (AvgIpc) is 2.95. The molecule has 3 rings (SSSR count). The fourth-order valence-electron chi connectivity index (χ4n) is 2.13. The maximum absolute atomic E-state index is 12.0. The minimum Gasteiger partial charge on any atom is -0.463 e. The first kappa shape index (κ1) is 12.9. The van der Waals surface area contributed by atoms with Crippen LogP contribution in [0.4, 0.5) is 0 Å². The van der Waals surface area contributed by atoms with Crippen molar-refractivity contribution in [3.63, 3.8) is 0 Å². The summed E-state index contributed by atoms with van der Waals surface area (Å²) in [7, 11) is 2.09. The quantitative estimate of drug-likeness (QED) is 0.837. The second-order valence-corrected chi connectivity index (χ2v) is 5.11. The van der Waals surface area contributed by atoms with Gasteiger partial charge in [-0.25, -0.2) is 0 Å². The molecule has 6 nitrogen and oxygen atoms in total. The van der Waals surface area contributed by atoms with E-state index in [0.29, 0.717) is 29.7 Å². The van der Waals surface area contributed by atoms with Crippen molar-refractivity contribution in [2.45, 2.75) is 18.9 Å². The molecule has 1 aliphatic rings. The monoisotopic (exact) mass is 274 g/mol. The molecular formula is C14H18N4O2. The fraction of sp³-hybridized carbons (Fsp3) is 0.429. The number of rotatable bonds is 6. The fourth-order valence-corrected chi connectivity index (χ4v) is 2.13. The number of likely N-dealkylation sites (N-methyl/N-ethyl adjacent to an activating group) is 1. The van der Waals surface area contributed by atoms with Crippen molar-refractivity contribution in [3.05, 3.63) is 30.2 Å². The summed E-state index contributed by atoms with van der Waals surface area (Å²) in [5.41, 5.74) is 1.08. The third-order valence-electron chi connectivity index (χ3n) is 3.52. The van der Waals surface area contributed by atoms with Crippen LogP contribution in [0.25, 0.3) is 11.5 Å². The summed E-state index contributed by atoms with van der Waals surface area (Å²) in [6.07, 6.45) is 4.14. The summed E-state index contributed by atoms with van der Waals surface area (Å²) >= 11 is 0. The first-order valence-corrected chi connectivity index (χ1v) is 6.82. The van der Waals surface area contributed by atoms with Crippen molar-refractivity contribution in [1.29, 1.82) is 0 Å². The predicted molar refractivity (Wildman–Crippen MR) is 74.3 cm³/mol. The molecule has 0 spiro atoms. The molecule has 0 atom stereocenters. The molecule has 2 heterocycles. The molecule has 0 aliphatic heterocycles. The van der Waals surface area contributed by atoms with E-state index in [4.69, 9.17) is 4.42 Å². The highest BCUT2D eigenvalue weighted by molar-refractivity contribution is 5.93. The molecule has 2 aromatic heterocycles. The van der Waals surface area contributed by atoms with E-state index in [9.17, 15) is 4.79 Å². The SMILES string of the molecule is CN(CCNC(=O)c1cc(-c2ccco2)[nH]n1)C1CC1. The number of hydrogen-bond donors (Lipinski definition) is 2. The van der Waals surface area contributed by atoms with Crippen LogP contribution in [-0.2, 0) is 0 Å². The summed E-state index contributed by atoms with van der Waals surface area (Å²) in [6, 6.07) is 6.02. The molecule has 1 amide bonds. The Morgan fingerprint density at radius 3 is 3.15 bits per heavy atom. The molecule has 0 unspecified atom stereocenters. The van der Waals surface area contributed by atoms with Crippen molar-refractivity contribution in [1.82, 2.24) is 20.4 Å². The van der Waals surface area contributed by atoms with Crippen molar-refractivity contribution in [3.8, 4) is 11.5 Å². The molecule has 0 bridgehead atoms. The van der Waals surface area contributed by atoms with Crippen LogP contribution in [0.2, 0.25) is 0 Å². The maximum atomic E-state index is 12.0. The smallest absolute Gasteiger partial charge is 0.271 e. The average molecular weight is 274 g/mol. The Morgan fingerprint density at radius 1 is 1.60 bits per heavy atom. The van der Waals surface area contributed by atoms with Gasteiger partial charge in [0.1, 0.15) is 5.69 Å². The number of furan rings is 1. The van der Waals surface area contributed by atoms with Crippen LogP contribution in [0.3, 0.4) is 0 Å². The number of nitrogens with one attached hydrogen (secondary N) is 2. The van der Waals surface area contributed by atoms with Gasteiger partial charge in [0, 0.05) is 25.2 Å². The van der Waals surface area contributed by atoms with Gasteiger partial charge in [-0.1, -0.05) is 0 Å². The van der Waals surface area contributed by atoms with Crippen molar-refractivity contribution in [2.75, 3.05) is 20.1 Å². The second kappa shape index (κ2) is 5.50. The molecule has 106 valence electrons. The molecule has 0 radical (unpaired) electrons. The van der Waals surface area contributed by atoms with Crippen molar-refractivity contribution < 1.29 is 9.21 Å². The zero-order valence-corrected chi connectivity index (χ0v) is 11.4. The highest BCUT2D eigenvalue weighted by Gasteiger charge is 2.25. The van der Waals surface area contributed by atoms with Gasteiger partial charge < -0.3 is 14.6 Å². The van der Waals surface area contributed by atoms with E-state index in [-0.39, 0.29) is 5.91 Å². The number of amides is 1. The lowest BCUT2D eigenvalue weighted by atomic mass is 10.3. The molecule has 1 saturated carbocycles. The standard InChI is InChI=1S/C14H18N4O2/c1-18(10-4-5-10)7-6-15-14(19)12-9-11(16-17-12)13-3-2-8-20-13/h2-3,8-10H,4-7H2,1H3,(H,15,19)(H,16,17). The second-order valence-electron chi connectivity index (χ2n) is 5.11. The van der Waals surface area contributed by atoms with Gasteiger partial charge in [-0.2, -0.15) is 5.10 Å². The van der Waals surface area contributed by atoms with Gasteiger partial charge in [0.15, 0.2) is 11.5 Å². The molecule has 6 heteroatoms. The van der Waals surface area contributed by atoms with Crippen LogP contribution in [0, 0.1) is 0 Å². The normalized spacial score (nSPS) is 14.7. The Bertz CT molecular complexity index is 572. The Morgan fingerprint density at radius 2 is 2.45 bits per heavy atom. The Labute approximate surface area is 117 Å². The number of aromatic nitrogens is 2. The lowest BCUT2D eigenvalue weighted by molar-refractivity contribution is 0.0944. The van der Waals surface area contributed by atoms with E-state index in [1.807, 2.05) is 6.07 Å². The highest BCUT2D eigenvalue weighted by atomic mass is 16.3. The van der Waals surface area contributed by atoms with Crippen LogP contribution in [0.15, 0.2) is 28.9 Å². The lowest BCUT2D eigenvalue weighted by Gasteiger charge is -2.15. The Balaban J connectivity index is 1.52. The molecule has 1 fully saturated rings. The zero-order chi connectivity index (χ0) is 13.9. The van der Waals surface area contributed by atoms with Crippen LogP contribution in [0.1, 0.15) is 23.3 Å². The van der Waals surface area contributed by atoms with Gasteiger partial charge >= 0.3 is 0 Å². The van der Waals surface area contributed by atoms with E-state index >= 15 is 0 Å². The van der Waals surface area contributed by atoms with E-state index < -0.39 is 0 Å². The summed E-state index contributed by atoms with van der Waals surface area (Å²) in [5.74, 6) is 0.508. The van der Waals surface area contributed by atoms with Crippen LogP contribution >= 0.6 is 0 Å². The summed E-state index contributed by atoms with van der Waals surface area (Å²) < 4.78 is 5.25. The molecule has 2 aromatic rings. The van der Waals surface area contributed by atoms with Crippen LogP contribution in [0.5, 0.6) is 0 Å². The molecule has 0 saturated heterocycles. The van der Waals surface area contributed by atoms with Crippen molar-refractivity contribution >= 4 is 5.91 Å². The number of carbonyl (C=O) groups is 1. The number of H-pyrrole nitrogens is 1. The third kappa shape index (κ3) is 2.91. The maximum Gasteiger partial charge on any atom is 0.271 e. The number of nitrogens with zero attached hydrogens (tertiary/aromatic N) is 2. The van der Waals surface area contributed by atoms with Crippen LogP contribution in [-0.4, -0.2) is 47.2 Å². The van der Waals surface area contributed by atoms with Gasteiger partial charge in [0.2, 0.25) is 0 Å². The summed E-state index contributed by atoms with van der Waals surface area (Å²) in [4.78, 5) is 14.2. The van der Waals surface area contributed by atoms with Gasteiger partial charge in [-0.15, -0.1) is 0 Å². The topological polar surface area (TPSA) is 74.2 Å². The molecular weight excluding hydrogens is 256 g/mol. The van der Waals surface area contributed by atoms with Gasteiger partial charge in [-0.3, -0.25) is 9.89 Å². The minimum atomic E-state index is -0.164. The first-order valence-electron chi connectivity index (χ1n) is 6.82. The van der Waals surface area contributed by atoms with Gasteiger partial charge in [0.25, 0.3) is 5.91 Å². The minimum absolute atomic E-state index is 0.164. The van der Waals surface area contributed by atoms with Gasteiger partial charge in [0.05, 0.1) is 6.26 Å². The van der Waals surface area contributed by atoms with E-state index in [1.165, 1.54) is 12.8 Å². The van der Waals surface area contributed by atoms with Crippen molar-refractivity contribution in [2.24, 2.45) is 0 Å². The van der Waals surface area contributed by atoms with Crippen LogP contribution < -0.4 is 5.32 Å². The summed E-state index contributed by atoms with van der Waals surface area (Å²) in [6.45, 7) is 1.50. The molecule has 2 N–H and O–H groups in total. The first-order chi connectivity index (χ1) is 9.74. The molecule has 20 heavy (non-hydrogen) atoms. The number of carbonyl (C=O) groups excluding carboxylic acids is 1. The van der Waals surface area contributed by atoms with Gasteiger partial charge in [-0.05, 0) is 32.0 Å². The zero-order valence-electron chi connectivity index (χ0n) is 11.4. The predicted octanol–water partition coefficient (Wildman–Crippen LogP) is 1.49. The summed E-state index contributed by atoms with van der Waals surface area (Å²) in [5, 5.41) is 9.69. The number of hydrogen-bond acceptors (Lipinski definition) is 4.